The highest BCUT2D eigenvalue weighted by Crippen LogP contribution is 2.27. The second kappa shape index (κ2) is 12.7. The van der Waals surface area contributed by atoms with Gasteiger partial charge in [-0.1, -0.05) is 25.1 Å². The molecule has 9 heteroatoms. The number of benzene rings is 2. The molecule has 3 atom stereocenters. The first kappa shape index (κ1) is 28.1. The minimum atomic E-state index is -0.261. The molecule has 0 bridgehead atoms. The Balaban J connectivity index is 1.94. The van der Waals surface area contributed by atoms with E-state index in [1.807, 2.05) is 43.8 Å². The molecule has 3 amide bonds. The van der Waals surface area contributed by atoms with Crippen LogP contribution in [0.25, 0.3) is 0 Å². The Morgan fingerprint density at radius 3 is 2.46 bits per heavy atom. The Bertz CT molecular complexity index is 1090. The third-order valence-corrected chi connectivity index (χ3v) is 6.51. The average molecular weight is 511 g/mol. The van der Waals surface area contributed by atoms with Crippen LogP contribution in [0, 0.1) is 5.92 Å². The maximum Gasteiger partial charge on any atom is 0.257 e. The van der Waals surface area contributed by atoms with E-state index in [4.69, 9.17) is 9.47 Å². The zero-order valence-corrected chi connectivity index (χ0v) is 22.6. The van der Waals surface area contributed by atoms with Gasteiger partial charge in [0.05, 0.1) is 24.3 Å². The van der Waals surface area contributed by atoms with Crippen LogP contribution in [0.3, 0.4) is 0 Å². The van der Waals surface area contributed by atoms with Crippen LogP contribution in [0.5, 0.6) is 5.75 Å². The van der Waals surface area contributed by atoms with E-state index < -0.39 is 0 Å². The summed E-state index contributed by atoms with van der Waals surface area (Å²) in [6.07, 6.45) is -0.260. The van der Waals surface area contributed by atoms with E-state index in [2.05, 4.69) is 5.32 Å². The fourth-order valence-electron chi connectivity index (χ4n) is 4.35. The van der Waals surface area contributed by atoms with Crippen LogP contribution in [0.15, 0.2) is 48.5 Å². The fourth-order valence-corrected chi connectivity index (χ4v) is 4.35. The lowest BCUT2D eigenvalue weighted by atomic mass is 10.0. The second-order valence-corrected chi connectivity index (χ2v) is 9.91. The molecule has 37 heavy (non-hydrogen) atoms. The van der Waals surface area contributed by atoms with Crippen molar-refractivity contribution < 1.29 is 23.9 Å². The van der Waals surface area contributed by atoms with Crippen LogP contribution in [-0.4, -0.2) is 99.1 Å². The van der Waals surface area contributed by atoms with Crippen molar-refractivity contribution in [2.75, 3.05) is 59.8 Å². The number of fused-ring (bicyclic) bond motifs is 1. The zero-order chi connectivity index (χ0) is 27.1. The molecule has 200 valence electrons. The number of ether oxygens (including phenoxy) is 2. The smallest absolute Gasteiger partial charge is 0.257 e. The van der Waals surface area contributed by atoms with Gasteiger partial charge in [0.25, 0.3) is 11.8 Å². The van der Waals surface area contributed by atoms with Crippen molar-refractivity contribution in [3.63, 3.8) is 0 Å². The second-order valence-electron chi connectivity index (χ2n) is 9.91. The largest absolute Gasteiger partial charge is 0.491 e. The molecule has 9 nitrogen and oxygen atoms in total. The number of anilines is 1. The van der Waals surface area contributed by atoms with Crippen LogP contribution < -0.4 is 10.1 Å². The average Bonchev–Trinajstić information content (AvgIpc) is 2.87. The number of amides is 3. The number of carbonyl (C=O) groups is 3. The highest BCUT2D eigenvalue weighted by Gasteiger charge is 2.30. The Hall–Kier alpha value is -3.43. The lowest BCUT2D eigenvalue weighted by Crippen LogP contribution is -2.50. The predicted octanol–water partition coefficient (Wildman–Crippen LogP) is 2.83. The number of carbonyl (C=O) groups excluding carboxylic acids is 3. The Labute approximate surface area is 219 Å². The summed E-state index contributed by atoms with van der Waals surface area (Å²) in [6.45, 7) is 5.24. The number of hydrogen-bond acceptors (Lipinski definition) is 6. The molecule has 0 radical (unpaired) electrons. The normalized spacial score (nSPS) is 20.9. The topological polar surface area (TPSA) is 91.4 Å². The van der Waals surface area contributed by atoms with Crippen molar-refractivity contribution in [1.29, 1.82) is 0 Å². The summed E-state index contributed by atoms with van der Waals surface area (Å²) in [6, 6.07) is 13.6. The zero-order valence-electron chi connectivity index (χ0n) is 22.6. The van der Waals surface area contributed by atoms with Crippen molar-refractivity contribution in [3.05, 3.63) is 59.7 Å². The molecule has 0 saturated carbocycles. The molecule has 0 aromatic heterocycles. The minimum absolute atomic E-state index is 0.00612. The highest BCUT2D eigenvalue weighted by atomic mass is 16.5. The van der Waals surface area contributed by atoms with Crippen LogP contribution >= 0.6 is 0 Å². The van der Waals surface area contributed by atoms with E-state index >= 15 is 0 Å². The van der Waals surface area contributed by atoms with Crippen molar-refractivity contribution in [1.82, 2.24) is 14.7 Å². The Kier molecular flexibility index (Phi) is 9.66. The summed E-state index contributed by atoms with van der Waals surface area (Å²) < 4.78 is 11.9. The summed E-state index contributed by atoms with van der Waals surface area (Å²) >= 11 is 0. The van der Waals surface area contributed by atoms with Crippen LogP contribution in [0.1, 0.15) is 34.6 Å². The summed E-state index contributed by atoms with van der Waals surface area (Å²) in [5.41, 5.74) is 1.41. The Morgan fingerprint density at radius 1 is 1.11 bits per heavy atom. The van der Waals surface area contributed by atoms with Crippen LogP contribution in [-0.2, 0) is 9.53 Å². The first-order valence-electron chi connectivity index (χ1n) is 12.5. The van der Waals surface area contributed by atoms with Crippen molar-refractivity contribution in [3.8, 4) is 5.75 Å². The van der Waals surface area contributed by atoms with Crippen LogP contribution in [0.4, 0.5) is 5.69 Å². The molecular weight excluding hydrogens is 472 g/mol. The molecule has 0 spiro atoms. The summed E-state index contributed by atoms with van der Waals surface area (Å²) in [5, 5.41) is 2.87. The molecule has 1 aliphatic rings. The molecule has 3 rings (SSSR count). The number of hydrogen-bond donors (Lipinski definition) is 1. The summed E-state index contributed by atoms with van der Waals surface area (Å²) in [4.78, 5) is 44.4. The van der Waals surface area contributed by atoms with Gasteiger partial charge < -0.3 is 29.5 Å². The standard InChI is InChI=1S/C28H38N4O5/c1-19-15-32(26(33)17-30(3)4)20(2)18-37-24-14-22(29-27(34)21-10-8-7-9-11-21)12-13-23(24)28(35)31(5)16-25(19)36-6/h7-14,19-20,25H,15-18H2,1-6H3,(H,29,34)/t19-,20+,25+/m0/s1. The van der Waals surface area contributed by atoms with Gasteiger partial charge in [-0.05, 0) is 45.3 Å². The maximum absolute atomic E-state index is 13.4. The molecular formula is C28H38N4O5. The number of nitrogens with one attached hydrogen (secondary N) is 1. The lowest BCUT2D eigenvalue weighted by Gasteiger charge is -2.36. The quantitative estimate of drug-likeness (QED) is 0.665. The number of methoxy groups -OCH3 is 1. The van der Waals surface area contributed by atoms with Gasteiger partial charge in [0.2, 0.25) is 5.91 Å². The van der Waals surface area contributed by atoms with E-state index in [1.165, 1.54) is 0 Å². The van der Waals surface area contributed by atoms with Gasteiger partial charge in [-0.2, -0.15) is 0 Å². The first-order valence-corrected chi connectivity index (χ1v) is 12.5. The van der Waals surface area contributed by atoms with Crippen molar-refractivity contribution >= 4 is 23.4 Å². The predicted molar refractivity (Wildman–Crippen MR) is 143 cm³/mol. The maximum atomic E-state index is 13.4. The Morgan fingerprint density at radius 2 is 1.81 bits per heavy atom. The van der Waals surface area contributed by atoms with Gasteiger partial charge in [-0.15, -0.1) is 0 Å². The first-order chi connectivity index (χ1) is 17.6. The molecule has 0 fully saturated rings. The number of nitrogens with zero attached hydrogens (tertiary/aromatic N) is 3. The fraction of sp³-hybridized carbons (Fsp3) is 0.464. The van der Waals surface area contributed by atoms with E-state index in [9.17, 15) is 14.4 Å². The van der Waals surface area contributed by atoms with E-state index in [0.29, 0.717) is 35.7 Å². The SMILES string of the molecule is CO[C@@H]1CN(C)C(=O)c2ccc(NC(=O)c3ccccc3)cc2OC[C@@H](C)N(C(=O)CN(C)C)C[C@@H]1C. The van der Waals surface area contributed by atoms with Gasteiger partial charge in [-0.25, -0.2) is 0 Å². The molecule has 2 aromatic carbocycles. The third-order valence-electron chi connectivity index (χ3n) is 6.51. The highest BCUT2D eigenvalue weighted by molar-refractivity contribution is 6.05. The van der Waals surface area contributed by atoms with Crippen molar-refractivity contribution in [2.24, 2.45) is 5.92 Å². The molecule has 0 aliphatic carbocycles. The molecule has 0 saturated heterocycles. The van der Waals surface area contributed by atoms with E-state index in [1.54, 1.807) is 61.5 Å². The van der Waals surface area contributed by atoms with Gasteiger partial charge in [0.1, 0.15) is 12.4 Å². The van der Waals surface area contributed by atoms with E-state index in [0.717, 1.165) is 0 Å². The number of rotatable bonds is 5. The number of likely N-dealkylation sites (N-methyl/N-ethyl adjacent to an activating group) is 2. The molecule has 2 aromatic rings. The molecule has 1 aliphatic heterocycles. The van der Waals surface area contributed by atoms with Crippen LogP contribution in [0.2, 0.25) is 0 Å². The summed E-state index contributed by atoms with van der Waals surface area (Å²) in [7, 11) is 7.07. The third kappa shape index (κ3) is 7.30. The molecule has 0 unspecified atom stereocenters. The lowest BCUT2D eigenvalue weighted by molar-refractivity contribution is -0.136. The summed E-state index contributed by atoms with van der Waals surface area (Å²) in [5.74, 6) is -0.143. The van der Waals surface area contributed by atoms with Gasteiger partial charge in [0, 0.05) is 50.5 Å². The molecule has 1 N–H and O–H groups in total. The van der Waals surface area contributed by atoms with Gasteiger partial charge >= 0.3 is 0 Å². The van der Waals surface area contributed by atoms with Crippen molar-refractivity contribution in [2.45, 2.75) is 26.0 Å². The van der Waals surface area contributed by atoms with Gasteiger partial charge in [0.15, 0.2) is 0 Å². The minimum Gasteiger partial charge on any atom is -0.491 e. The monoisotopic (exact) mass is 510 g/mol. The van der Waals surface area contributed by atoms with E-state index in [-0.39, 0.29) is 48.9 Å². The molecule has 1 heterocycles. The van der Waals surface area contributed by atoms with Gasteiger partial charge in [-0.3, -0.25) is 14.4 Å².